The number of aliphatic hydroxyl groups excluding tert-OH is 1. The number of hydrogen-bond donors (Lipinski definition) is 1. The minimum absolute atomic E-state index is 0.222. The number of rotatable bonds is 3. The monoisotopic (exact) mass is 328 g/mol. The first kappa shape index (κ1) is 16.1. The highest BCUT2D eigenvalue weighted by atomic mass is 19.1. The van der Waals surface area contributed by atoms with E-state index in [1.165, 1.54) is 6.07 Å². The van der Waals surface area contributed by atoms with E-state index in [1.807, 2.05) is 6.07 Å². The molecular weight excluding hydrogens is 311 g/mol. The third-order valence-corrected chi connectivity index (χ3v) is 4.21. The number of anilines is 1. The Morgan fingerprint density at radius 2 is 1.92 bits per heavy atom. The summed E-state index contributed by atoms with van der Waals surface area (Å²) in [5.74, 6) is 0.702. The molecule has 0 saturated heterocycles. The van der Waals surface area contributed by atoms with E-state index in [2.05, 4.69) is 0 Å². The van der Waals surface area contributed by atoms with Crippen molar-refractivity contribution in [3.63, 3.8) is 0 Å². The van der Waals surface area contributed by atoms with E-state index in [0.717, 1.165) is 5.56 Å². The Labute approximate surface area is 139 Å². The van der Waals surface area contributed by atoms with Gasteiger partial charge in [-0.25, -0.2) is 4.39 Å². The second-order valence-corrected chi connectivity index (χ2v) is 5.54. The summed E-state index contributed by atoms with van der Waals surface area (Å²) < 4.78 is 25.0. The average molecular weight is 328 g/mol. The van der Waals surface area contributed by atoms with Crippen LogP contribution in [0.2, 0.25) is 0 Å². The van der Waals surface area contributed by atoms with E-state index < -0.39 is 11.9 Å². The van der Waals surface area contributed by atoms with Gasteiger partial charge in [0.2, 0.25) is 0 Å². The number of ether oxygens (including phenoxy) is 2. The van der Waals surface area contributed by atoms with Gasteiger partial charge in [-0.1, -0.05) is 0 Å². The summed E-state index contributed by atoms with van der Waals surface area (Å²) >= 11 is 0. The second kappa shape index (κ2) is 6.38. The highest BCUT2D eigenvalue weighted by Crippen LogP contribution is 2.41. The molecule has 0 spiro atoms. The molecule has 1 N–H and O–H groups in total. The number of nitriles is 1. The van der Waals surface area contributed by atoms with Gasteiger partial charge in [0.25, 0.3) is 0 Å². The molecule has 0 fully saturated rings. The third kappa shape index (κ3) is 2.63. The van der Waals surface area contributed by atoms with Crippen molar-refractivity contribution in [3.05, 3.63) is 52.8 Å². The topological polar surface area (TPSA) is 65.7 Å². The summed E-state index contributed by atoms with van der Waals surface area (Å²) in [5.41, 5.74) is 2.03. The van der Waals surface area contributed by atoms with Gasteiger partial charge in [0.1, 0.15) is 23.4 Å². The Morgan fingerprint density at radius 3 is 2.54 bits per heavy atom. The molecule has 0 aliphatic carbocycles. The van der Waals surface area contributed by atoms with Gasteiger partial charge in [-0.05, 0) is 30.3 Å². The molecule has 0 aromatic heterocycles. The van der Waals surface area contributed by atoms with Crippen molar-refractivity contribution in [1.29, 1.82) is 5.26 Å². The van der Waals surface area contributed by atoms with E-state index in [1.54, 1.807) is 43.4 Å². The van der Waals surface area contributed by atoms with Crippen LogP contribution in [0.25, 0.3) is 0 Å². The number of fused-ring (bicyclic) bond motifs is 1. The largest absolute Gasteiger partial charge is 0.496 e. The molecule has 2 aromatic carbocycles. The molecule has 1 heterocycles. The van der Waals surface area contributed by atoms with Crippen molar-refractivity contribution in [3.8, 4) is 17.6 Å². The normalized spacial score (nSPS) is 16.3. The minimum Gasteiger partial charge on any atom is -0.496 e. The maximum absolute atomic E-state index is 14.3. The summed E-state index contributed by atoms with van der Waals surface area (Å²) in [6.45, 7) is 0.592. The van der Waals surface area contributed by atoms with Crippen LogP contribution in [0.4, 0.5) is 10.1 Å². The van der Waals surface area contributed by atoms with Crippen molar-refractivity contribution < 1.29 is 19.0 Å². The van der Waals surface area contributed by atoms with Crippen LogP contribution in [0.15, 0.2) is 30.3 Å². The number of β-amino-alcohol motifs (C(OH)–C–C–N with tert-alkyl or cyclic N) is 1. The lowest BCUT2D eigenvalue weighted by Crippen LogP contribution is -2.34. The van der Waals surface area contributed by atoms with E-state index in [4.69, 9.17) is 14.7 Å². The van der Waals surface area contributed by atoms with Gasteiger partial charge in [0.05, 0.1) is 31.5 Å². The quantitative estimate of drug-likeness (QED) is 0.938. The lowest BCUT2D eigenvalue weighted by Gasteiger charge is -2.35. The molecule has 1 atom stereocenters. The molecular formula is C18H17FN2O3. The van der Waals surface area contributed by atoms with Crippen LogP contribution >= 0.6 is 0 Å². The lowest BCUT2D eigenvalue weighted by atomic mass is 9.94. The van der Waals surface area contributed by atoms with Crippen LogP contribution < -0.4 is 14.4 Å². The van der Waals surface area contributed by atoms with Crippen LogP contribution in [0.3, 0.4) is 0 Å². The molecule has 0 unspecified atom stereocenters. The fourth-order valence-corrected chi connectivity index (χ4v) is 3.09. The van der Waals surface area contributed by atoms with Crippen LogP contribution in [0.5, 0.6) is 11.5 Å². The molecule has 124 valence electrons. The summed E-state index contributed by atoms with van der Waals surface area (Å²) in [7, 11) is 3.09. The molecule has 0 saturated carbocycles. The number of benzene rings is 2. The van der Waals surface area contributed by atoms with Gasteiger partial charge in [-0.2, -0.15) is 5.26 Å². The first-order chi connectivity index (χ1) is 11.6. The Hall–Kier alpha value is -2.78. The number of aliphatic hydroxyl groups is 1. The van der Waals surface area contributed by atoms with Crippen molar-refractivity contribution in [2.75, 3.05) is 25.7 Å². The van der Waals surface area contributed by atoms with Crippen LogP contribution in [0.1, 0.15) is 22.8 Å². The van der Waals surface area contributed by atoms with Gasteiger partial charge < -0.3 is 19.5 Å². The fraction of sp³-hybridized carbons (Fsp3) is 0.278. The minimum atomic E-state index is -0.839. The third-order valence-electron chi connectivity index (χ3n) is 4.21. The van der Waals surface area contributed by atoms with Crippen molar-refractivity contribution >= 4 is 5.69 Å². The molecule has 6 heteroatoms. The molecule has 0 bridgehead atoms. The Balaban J connectivity index is 2.05. The zero-order chi connectivity index (χ0) is 17.3. The maximum Gasteiger partial charge on any atom is 0.147 e. The first-order valence-electron chi connectivity index (χ1n) is 7.45. The zero-order valence-electron chi connectivity index (χ0n) is 13.4. The smallest absolute Gasteiger partial charge is 0.147 e. The van der Waals surface area contributed by atoms with E-state index in [9.17, 15) is 9.50 Å². The predicted molar refractivity (Wildman–Crippen MR) is 86.7 cm³/mol. The summed E-state index contributed by atoms with van der Waals surface area (Å²) in [6, 6.07) is 9.73. The van der Waals surface area contributed by atoms with Gasteiger partial charge in [-0.3, -0.25) is 0 Å². The van der Waals surface area contributed by atoms with Crippen LogP contribution in [-0.4, -0.2) is 25.9 Å². The van der Waals surface area contributed by atoms with E-state index in [0.29, 0.717) is 29.3 Å². The molecule has 3 rings (SSSR count). The van der Waals surface area contributed by atoms with Crippen molar-refractivity contribution in [1.82, 2.24) is 0 Å². The summed E-state index contributed by atoms with van der Waals surface area (Å²) in [5, 5.41) is 19.4. The molecule has 0 amide bonds. The summed E-state index contributed by atoms with van der Waals surface area (Å²) in [4.78, 5) is 1.73. The predicted octanol–water partition coefficient (Wildman–Crippen LogP) is 2.77. The molecule has 0 radical (unpaired) electrons. The van der Waals surface area contributed by atoms with E-state index >= 15 is 0 Å². The highest BCUT2D eigenvalue weighted by molar-refractivity contribution is 5.58. The van der Waals surface area contributed by atoms with Crippen molar-refractivity contribution in [2.45, 2.75) is 12.6 Å². The number of halogens is 1. The van der Waals surface area contributed by atoms with E-state index in [-0.39, 0.29) is 12.1 Å². The molecule has 1 aliphatic heterocycles. The maximum atomic E-state index is 14.3. The van der Waals surface area contributed by atoms with Crippen LogP contribution in [-0.2, 0) is 6.54 Å². The Bertz CT molecular complexity index is 817. The number of nitrogens with zero attached hydrogens (tertiary/aromatic N) is 2. The van der Waals surface area contributed by atoms with Gasteiger partial charge in [0.15, 0.2) is 0 Å². The summed E-state index contributed by atoms with van der Waals surface area (Å²) in [6.07, 6.45) is -0.839. The SMILES string of the molecule is COc1ccc(OC)c2c1CN(c1ccc(C#N)cc1F)C[C@H]2O. The molecule has 5 nitrogen and oxygen atoms in total. The van der Waals surface area contributed by atoms with Crippen molar-refractivity contribution in [2.24, 2.45) is 0 Å². The lowest BCUT2D eigenvalue weighted by molar-refractivity contribution is 0.169. The van der Waals surface area contributed by atoms with Gasteiger partial charge in [-0.15, -0.1) is 0 Å². The Kier molecular flexibility index (Phi) is 4.28. The molecule has 24 heavy (non-hydrogen) atoms. The number of methoxy groups -OCH3 is 2. The molecule has 1 aliphatic rings. The van der Waals surface area contributed by atoms with Crippen LogP contribution in [0, 0.1) is 17.1 Å². The Morgan fingerprint density at radius 1 is 1.21 bits per heavy atom. The first-order valence-corrected chi connectivity index (χ1v) is 7.45. The highest BCUT2D eigenvalue weighted by Gasteiger charge is 2.30. The zero-order valence-corrected chi connectivity index (χ0v) is 13.4. The standard InChI is InChI=1S/C18H17FN2O3/c1-23-16-5-6-17(24-2)18-12(16)9-21(10-15(18)22)14-4-3-11(8-20)7-13(14)19/h3-7,15,22H,9-10H2,1-2H3/t15-/m1/s1. The molecule has 2 aromatic rings. The van der Waals surface area contributed by atoms with Gasteiger partial charge >= 0.3 is 0 Å². The number of hydrogen-bond acceptors (Lipinski definition) is 5. The fourth-order valence-electron chi connectivity index (χ4n) is 3.09. The van der Waals surface area contributed by atoms with Gasteiger partial charge in [0, 0.05) is 24.2 Å². The average Bonchev–Trinajstić information content (AvgIpc) is 2.60. The second-order valence-electron chi connectivity index (χ2n) is 5.54.